The molecule has 140 valence electrons. The second-order valence-electron chi connectivity index (χ2n) is 7.34. The minimum Gasteiger partial charge on any atom is -0.491 e. The molecular weight excluding hydrogens is 320 g/mol. The molecule has 6 nitrogen and oxygen atoms in total. The van der Waals surface area contributed by atoms with Crippen molar-refractivity contribution in [3.63, 3.8) is 0 Å². The minimum absolute atomic E-state index is 0.0817. The number of alkyl carbamates (subject to hydrolysis) is 1. The fraction of sp³-hybridized carbons (Fsp3) is 0.579. The van der Waals surface area contributed by atoms with Gasteiger partial charge in [0.15, 0.2) is 0 Å². The molecule has 6 heteroatoms. The Morgan fingerprint density at radius 3 is 2.24 bits per heavy atom. The summed E-state index contributed by atoms with van der Waals surface area (Å²) >= 11 is 0. The minimum atomic E-state index is -0.701. The Balaban J connectivity index is 2.62. The largest absolute Gasteiger partial charge is 0.491 e. The topological polar surface area (TPSA) is 76.7 Å². The van der Waals surface area contributed by atoms with E-state index in [0.717, 1.165) is 11.3 Å². The Morgan fingerprint density at radius 2 is 1.68 bits per heavy atom. The van der Waals surface area contributed by atoms with Crippen LogP contribution in [0, 0.1) is 0 Å². The third-order valence-electron chi connectivity index (χ3n) is 3.22. The first kappa shape index (κ1) is 20.8. The highest BCUT2D eigenvalue weighted by Gasteiger charge is 2.22. The molecule has 0 aliphatic rings. The number of benzene rings is 1. The lowest BCUT2D eigenvalue weighted by Crippen LogP contribution is -2.47. The van der Waals surface area contributed by atoms with Crippen LogP contribution in [0.5, 0.6) is 5.75 Å². The van der Waals surface area contributed by atoms with E-state index in [0.29, 0.717) is 0 Å². The highest BCUT2D eigenvalue weighted by molar-refractivity contribution is 5.85. The van der Waals surface area contributed by atoms with Crippen LogP contribution in [0.2, 0.25) is 0 Å². The standard InChI is InChI=1S/C19H30N2O4/c1-12(2)24-16-10-8-9-15(11-16)13(3)20-17(22)14(4)21-18(23)25-19(5,6)7/h8-14H,1-7H3,(H,20,22)(H,21,23)/t13?,14-/m1/s1. The van der Waals surface area contributed by atoms with Gasteiger partial charge in [-0.05, 0) is 66.2 Å². The summed E-state index contributed by atoms with van der Waals surface area (Å²) in [6, 6.07) is 6.67. The number of carbonyl (C=O) groups is 2. The van der Waals surface area contributed by atoms with Crippen LogP contribution in [0.3, 0.4) is 0 Å². The maximum absolute atomic E-state index is 12.3. The van der Waals surface area contributed by atoms with E-state index in [-0.39, 0.29) is 18.1 Å². The van der Waals surface area contributed by atoms with Gasteiger partial charge in [-0.1, -0.05) is 12.1 Å². The Bertz CT molecular complexity index is 593. The summed E-state index contributed by atoms with van der Waals surface area (Å²) in [5, 5.41) is 5.41. The average Bonchev–Trinajstić information content (AvgIpc) is 2.44. The maximum Gasteiger partial charge on any atom is 0.408 e. The highest BCUT2D eigenvalue weighted by atomic mass is 16.6. The van der Waals surface area contributed by atoms with Crippen molar-refractivity contribution in [2.24, 2.45) is 0 Å². The van der Waals surface area contributed by atoms with Crippen molar-refractivity contribution in [1.29, 1.82) is 0 Å². The number of nitrogens with one attached hydrogen (secondary N) is 2. The lowest BCUT2D eigenvalue weighted by atomic mass is 10.1. The van der Waals surface area contributed by atoms with E-state index >= 15 is 0 Å². The molecule has 0 heterocycles. The SMILES string of the molecule is CC(C)Oc1cccc(C(C)NC(=O)[C@@H](C)NC(=O)OC(C)(C)C)c1. The lowest BCUT2D eigenvalue weighted by molar-refractivity contribution is -0.123. The molecule has 1 aromatic rings. The number of ether oxygens (including phenoxy) is 2. The molecule has 0 saturated heterocycles. The van der Waals surface area contributed by atoms with Crippen molar-refractivity contribution < 1.29 is 19.1 Å². The van der Waals surface area contributed by atoms with Crippen LogP contribution < -0.4 is 15.4 Å². The monoisotopic (exact) mass is 350 g/mol. The third-order valence-corrected chi connectivity index (χ3v) is 3.22. The number of hydrogen-bond acceptors (Lipinski definition) is 4. The van der Waals surface area contributed by atoms with E-state index in [1.807, 2.05) is 45.0 Å². The molecule has 0 aliphatic carbocycles. The van der Waals surface area contributed by atoms with Crippen molar-refractivity contribution >= 4 is 12.0 Å². The molecule has 0 bridgehead atoms. The van der Waals surface area contributed by atoms with Gasteiger partial charge in [-0.15, -0.1) is 0 Å². The van der Waals surface area contributed by atoms with Gasteiger partial charge in [0.1, 0.15) is 17.4 Å². The van der Waals surface area contributed by atoms with E-state index < -0.39 is 17.7 Å². The normalized spacial score (nSPS) is 13.8. The molecular formula is C19H30N2O4. The number of hydrogen-bond donors (Lipinski definition) is 2. The zero-order chi connectivity index (χ0) is 19.2. The number of amides is 2. The van der Waals surface area contributed by atoms with E-state index in [1.54, 1.807) is 27.7 Å². The van der Waals surface area contributed by atoms with E-state index in [1.165, 1.54) is 0 Å². The molecule has 0 aliphatic heterocycles. The maximum atomic E-state index is 12.3. The first-order chi connectivity index (χ1) is 11.5. The Morgan fingerprint density at radius 1 is 1.04 bits per heavy atom. The van der Waals surface area contributed by atoms with E-state index in [4.69, 9.17) is 9.47 Å². The molecule has 0 fully saturated rings. The van der Waals surface area contributed by atoms with Crippen molar-refractivity contribution in [3.8, 4) is 5.75 Å². The predicted octanol–water partition coefficient (Wildman–Crippen LogP) is 3.56. The summed E-state index contributed by atoms with van der Waals surface area (Å²) < 4.78 is 10.8. The van der Waals surface area contributed by atoms with Crippen LogP contribution >= 0.6 is 0 Å². The second-order valence-corrected chi connectivity index (χ2v) is 7.34. The molecule has 1 rings (SSSR count). The van der Waals surface area contributed by atoms with Crippen LogP contribution in [0.15, 0.2) is 24.3 Å². The molecule has 1 aromatic carbocycles. The van der Waals surface area contributed by atoms with Gasteiger partial charge in [0.25, 0.3) is 0 Å². The van der Waals surface area contributed by atoms with Crippen molar-refractivity contribution in [1.82, 2.24) is 10.6 Å². The van der Waals surface area contributed by atoms with Crippen LogP contribution in [0.4, 0.5) is 4.79 Å². The van der Waals surface area contributed by atoms with Gasteiger partial charge in [-0.2, -0.15) is 0 Å². The zero-order valence-corrected chi connectivity index (χ0v) is 16.2. The van der Waals surface area contributed by atoms with Gasteiger partial charge in [0.2, 0.25) is 5.91 Å². The smallest absolute Gasteiger partial charge is 0.408 e. The Hall–Kier alpha value is -2.24. The quantitative estimate of drug-likeness (QED) is 0.822. The van der Waals surface area contributed by atoms with Crippen molar-refractivity contribution in [3.05, 3.63) is 29.8 Å². The van der Waals surface area contributed by atoms with Gasteiger partial charge in [0.05, 0.1) is 12.1 Å². The molecule has 2 amide bonds. The van der Waals surface area contributed by atoms with Gasteiger partial charge in [-0.3, -0.25) is 4.79 Å². The Kier molecular flexibility index (Phi) is 7.27. The molecule has 0 radical (unpaired) electrons. The predicted molar refractivity (Wildman–Crippen MR) is 97.6 cm³/mol. The molecule has 0 aromatic heterocycles. The molecule has 0 saturated carbocycles. The van der Waals surface area contributed by atoms with Gasteiger partial charge >= 0.3 is 6.09 Å². The van der Waals surface area contributed by atoms with E-state index in [2.05, 4.69) is 10.6 Å². The second kappa shape index (κ2) is 8.74. The number of rotatable bonds is 6. The Labute approximate surface area is 150 Å². The summed E-state index contributed by atoms with van der Waals surface area (Å²) in [5.41, 5.74) is 0.320. The zero-order valence-electron chi connectivity index (χ0n) is 16.2. The average molecular weight is 350 g/mol. The van der Waals surface area contributed by atoms with Crippen molar-refractivity contribution in [2.45, 2.75) is 72.3 Å². The summed E-state index contributed by atoms with van der Waals surface area (Å²) in [5.74, 6) is 0.474. The van der Waals surface area contributed by atoms with Gasteiger partial charge in [0, 0.05) is 0 Å². The summed E-state index contributed by atoms with van der Waals surface area (Å²) in [7, 11) is 0. The van der Waals surface area contributed by atoms with Crippen LogP contribution in [0.1, 0.15) is 60.1 Å². The number of carbonyl (C=O) groups excluding carboxylic acids is 2. The molecule has 1 unspecified atom stereocenters. The fourth-order valence-electron chi connectivity index (χ4n) is 2.10. The molecule has 25 heavy (non-hydrogen) atoms. The fourth-order valence-corrected chi connectivity index (χ4v) is 2.10. The van der Waals surface area contributed by atoms with Gasteiger partial charge in [-0.25, -0.2) is 4.79 Å². The molecule has 0 spiro atoms. The van der Waals surface area contributed by atoms with Gasteiger partial charge < -0.3 is 20.1 Å². The van der Waals surface area contributed by atoms with Crippen LogP contribution in [-0.2, 0) is 9.53 Å². The first-order valence-corrected chi connectivity index (χ1v) is 8.54. The summed E-state index contributed by atoms with van der Waals surface area (Å²) in [6.45, 7) is 12.7. The van der Waals surface area contributed by atoms with E-state index in [9.17, 15) is 9.59 Å². The molecule has 2 atom stereocenters. The molecule has 2 N–H and O–H groups in total. The third kappa shape index (κ3) is 7.92. The summed E-state index contributed by atoms with van der Waals surface area (Å²) in [4.78, 5) is 24.0. The van der Waals surface area contributed by atoms with Crippen LogP contribution in [-0.4, -0.2) is 29.7 Å². The van der Waals surface area contributed by atoms with Crippen LogP contribution in [0.25, 0.3) is 0 Å². The van der Waals surface area contributed by atoms with Crippen molar-refractivity contribution in [2.75, 3.05) is 0 Å². The highest BCUT2D eigenvalue weighted by Crippen LogP contribution is 2.20. The lowest BCUT2D eigenvalue weighted by Gasteiger charge is -2.23. The summed E-state index contributed by atoms with van der Waals surface area (Å²) in [6.07, 6.45) is -0.534. The first-order valence-electron chi connectivity index (χ1n) is 8.54.